The third-order valence-corrected chi connectivity index (χ3v) is 8.62. The zero-order valence-corrected chi connectivity index (χ0v) is 24.7. The van der Waals surface area contributed by atoms with E-state index in [-0.39, 0.29) is 34.0 Å². The molecule has 7 nitrogen and oxygen atoms in total. The molecule has 0 bridgehead atoms. The van der Waals surface area contributed by atoms with Crippen LogP contribution in [-0.2, 0) is 26.2 Å². The van der Waals surface area contributed by atoms with Crippen LogP contribution in [0.4, 0.5) is 5.69 Å². The highest BCUT2D eigenvalue weighted by Gasteiger charge is 2.33. The number of rotatable bonds is 11. The summed E-state index contributed by atoms with van der Waals surface area (Å²) in [5, 5.41) is 3.45. The van der Waals surface area contributed by atoms with E-state index >= 15 is 0 Å². The van der Waals surface area contributed by atoms with Crippen molar-refractivity contribution in [2.75, 3.05) is 17.4 Å². The number of aryl methyl sites for hydroxylation is 1. The molecule has 0 fully saturated rings. The summed E-state index contributed by atoms with van der Waals surface area (Å²) in [6.07, 6.45) is 0. The van der Waals surface area contributed by atoms with Gasteiger partial charge < -0.3 is 10.2 Å². The number of para-hydroxylation sites is 1. The maximum Gasteiger partial charge on any atom is 0.264 e. The van der Waals surface area contributed by atoms with Crippen molar-refractivity contribution in [1.29, 1.82) is 0 Å². The molecule has 0 heterocycles. The van der Waals surface area contributed by atoms with Crippen molar-refractivity contribution in [2.45, 2.75) is 45.2 Å². The van der Waals surface area contributed by atoms with Gasteiger partial charge in [0, 0.05) is 18.1 Å². The first-order valence-corrected chi connectivity index (χ1v) is 14.8. The number of carbonyl (C=O) groups is 2. The molecule has 1 atom stereocenters. The Morgan fingerprint density at radius 2 is 1.46 bits per heavy atom. The van der Waals surface area contributed by atoms with Crippen molar-refractivity contribution in [2.24, 2.45) is 5.92 Å². The summed E-state index contributed by atoms with van der Waals surface area (Å²) in [6.45, 7) is 7.26. The first kappa shape index (κ1) is 30.5. The van der Waals surface area contributed by atoms with Crippen molar-refractivity contribution in [3.8, 4) is 0 Å². The van der Waals surface area contributed by atoms with Gasteiger partial charge in [-0.05, 0) is 55.7 Å². The van der Waals surface area contributed by atoms with E-state index in [1.54, 1.807) is 67.6 Å². The lowest BCUT2D eigenvalue weighted by Gasteiger charge is -2.32. The number of nitrogens with one attached hydrogen (secondary N) is 1. The van der Waals surface area contributed by atoms with Crippen LogP contribution in [0.15, 0.2) is 77.7 Å². The van der Waals surface area contributed by atoms with E-state index in [0.29, 0.717) is 17.1 Å². The highest BCUT2D eigenvalue weighted by molar-refractivity contribution is 7.92. The molecule has 3 rings (SSSR count). The van der Waals surface area contributed by atoms with E-state index in [2.05, 4.69) is 5.32 Å². The number of anilines is 1. The Morgan fingerprint density at radius 3 is 2.05 bits per heavy atom. The fraction of sp³-hybridized carbons (Fsp3) is 0.310. The highest BCUT2D eigenvalue weighted by Crippen LogP contribution is 2.31. The number of hydrogen-bond acceptors (Lipinski definition) is 4. The van der Waals surface area contributed by atoms with Gasteiger partial charge in [0.05, 0.1) is 15.6 Å². The molecule has 10 heteroatoms. The molecular formula is C29H33Cl2N3O4S. The summed E-state index contributed by atoms with van der Waals surface area (Å²) in [5.74, 6) is -0.725. The Bertz CT molecular complexity index is 1410. The molecule has 0 radical (unpaired) electrons. The number of carbonyl (C=O) groups excluding carboxylic acids is 2. The first-order valence-electron chi connectivity index (χ1n) is 12.6. The molecule has 0 aliphatic heterocycles. The zero-order chi connectivity index (χ0) is 28.7. The summed E-state index contributed by atoms with van der Waals surface area (Å²) in [6, 6.07) is 18.9. The van der Waals surface area contributed by atoms with E-state index in [9.17, 15) is 18.0 Å². The number of hydrogen-bond donors (Lipinski definition) is 1. The fourth-order valence-corrected chi connectivity index (χ4v) is 5.77. The molecule has 208 valence electrons. The molecule has 39 heavy (non-hydrogen) atoms. The van der Waals surface area contributed by atoms with E-state index in [1.165, 1.54) is 17.0 Å². The topological polar surface area (TPSA) is 86.8 Å². The Kier molecular flexibility index (Phi) is 10.4. The fourth-order valence-electron chi connectivity index (χ4n) is 3.85. The van der Waals surface area contributed by atoms with Crippen LogP contribution >= 0.6 is 23.2 Å². The standard InChI is InChI=1S/C29H33Cl2N3O4S/c1-20(2)17-32-29(36)22(4)33(18-23-9-5-6-10-25(23)30)28(35)19-34(27-12-8-7-11-26(27)31)39(37,38)24-15-13-21(3)14-16-24/h5-16,20,22H,17-19H2,1-4H3,(H,32,36). The SMILES string of the molecule is Cc1ccc(S(=O)(=O)N(CC(=O)N(Cc2ccccc2Cl)C(C)C(=O)NCC(C)C)c2ccccc2Cl)cc1. The van der Waals surface area contributed by atoms with Crippen molar-refractivity contribution in [1.82, 2.24) is 10.2 Å². The van der Waals surface area contributed by atoms with Crippen LogP contribution in [0.2, 0.25) is 10.0 Å². The minimum absolute atomic E-state index is 0.00964. The maximum absolute atomic E-state index is 13.9. The predicted molar refractivity (Wildman–Crippen MR) is 156 cm³/mol. The third-order valence-electron chi connectivity index (χ3n) is 6.16. The average Bonchev–Trinajstić information content (AvgIpc) is 2.90. The molecule has 1 N–H and O–H groups in total. The van der Waals surface area contributed by atoms with Crippen LogP contribution in [0.5, 0.6) is 0 Å². The van der Waals surface area contributed by atoms with Gasteiger partial charge in [-0.2, -0.15) is 0 Å². The Labute approximate surface area is 240 Å². The molecule has 0 saturated carbocycles. The van der Waals surface area contributed by atoms with Gasteiger partial charge in [0.25, 0.3) is 10.0 Å². The monoisotopic (exact) mass is 589 g/mol. The second-order valence-corrected chi connectivity index (χ2v) is 12.4. The Morgan fingerprint density at radius 1 is 0.872 bits per heavy atom. The van der Waals surface area contributed by atoms with Gasteiger partial charge in [0.15, 0.2) is 0 Å². The van der Waals surface area contributed by atoms with Crippen molar-refractivity contribution in [3.63, 3.8) is 0 Å². The molecule has 0 saturated heterocycles. The maximum atomic E-state index is 13.9. The van der Waals surface area contributed by atoms with Crippen LogP contribution < -0.4 is 9.62 Å². The third kappa shape index (κ3) is 7.75. The quantitative estimate of drug-likeness (QED) is 0.311. The van der Waals surface area contributed by atoms with Crippen molar-refractivity contribution >= 4 is 50.7 Å². The second kappa shape index (κ2) is 13.3. The van der Waals surface area contributed by atoms with E-state index < -0.39 is 28.5 Å². The largest absolute Gasteiger partial charge is 0.354 e. The summed E-state index contributed by atoms with van der Waals surface area (Å²) >= 11 is 12.8. The molecule has 0 aliphatic rings. The van der Waals surface area contributed by atoms with E-state index in [0.717, 1.165) is 9.87 Å². The Hall–Kier alpha value is -3.07. The molecule has 1 unspecified atom stereocenters. The average molecular weight is 591 g/mol. The lowest BCUT2D eigenvalue weighted by Crippen LogP contribution is -2.51. The van der Waals surface area contributed by atoms with Crippen LogP contribution in [0.3, 0.4) is 0 Å². The lowest BCUT2D eigenvalue weighted by atomic mass is 10.1. The summed E-state index contributed by atoms with van der Waals surface area (Å²) < 4.78 is 28.7. The predicted octanol–water partition coefficient (Wildman–Crippen LogP) is 5.69. The normalized spacial score (nSPS) is 12.2. The number of halogens is 2. The van der Waals surface area contributed by atoms with Crippen LogP contribution in [-0.4, -0.2) is 44.3 Å². The molecular weight excluding hydrogens is 557 g/mol. The smallest absolute Gasteiger partial charge is 0.264 e. The zero-order valence-electron chi connectivity index (χ0n) is 22.4. The van der Waals surface area contributed by atoms with E-state index in [4.69, 9.17) is 23.2 Å². The minimum atomic E-state index is -4.20. The van der Waals surface area contributed by atoms with Gasteiger partial charge >= 0.3 is 0 Å². The Balaban J connectivity index is 2.03. The number of benzene rings is 3. The van der Waals surface area contributed by atoms with Crippen molar-refractivity contribution in [3.05, 3.63) is 94.0 Å². The van der Waals surface area contributed by atoms with Gasteiger partial charge in [-0.1, -0.05) is 85.1 Å². The lowest BCUT2D eigenvalue weighted by molar-refractivity contribution is -0.139. The van der Waals surface area contributed by atoms with Crippen LogP contribution in [0.25, 0.3) is 0 Å². The summed E-state index contributed by atoms with van der Waals surface area (Å²) in [7, 11) is -4.20. The molecule has 2 amide bonds. The molecule has 3 aromatic rings. The van der Waals surface area contributed by atoms with Gasteiger partial charge in [0.2, 0.25) is 11.8 Å². The molecule has 0 aliphatic carbocycles. The van der Waals surface area contributed by atoms with Gasteiger partial charge in [-0.15, -0.1) is 0 Å². The van der Waals surface area contributed by atoms with Crippen LogP contribution in [0.1, 0.15) is 31.9 Å². The van der Waals surface area contributed by atoms with Gasteiger partial charge in [-0.25, -0.2) is 8.42 Å². The first-order chi connectivity index (χ1) is 18.4. The number of nitrogens with zero attached hydrogens (tertiary/aromatic N) is 2. The minimum Gasteiger partial charge on any atom is -0.354 e. The highest BCUT2D eigenvalue weighted by atomic mass is 35.5. The second-order valence-electron chi connectivity index (χ2n) is 9.70. The number of sulfonamides is 1. The molecule has 0 aromatic heterocycles. The number of amides is 2. The summed E-state index contributed by atoms with van der Waals surface area (Å²) in [4.78, 5) is 28.3. The van der Waals surface area contributed by atoms with Crippen molar-refractivity contribution < 1.29 is 18.0 Å². The van der Waals surface area contributed by atoms with Gasteiger partial charge in [-0.3, -0.25) is 13.9 Å². The molecule has 0 spiro atoms. The summed E-state index contributed by atoms with van der Waals surface area (Å²) in [5.41, 5.74) is 1.67. The van der Waals surface area contributed by atoms with Crippen LogP contribution in [0, 0.1) is 12.8 Å². The van der Waals surface area contributed by atoms with Gasteiger partial charge in [0.1, 0.15) is 12.6 Å². The van der Waals surface area contributed by atoms with E-state index in [1.807, 2.05) is 20.8 Å². The molecule has 3 aromatic carbocycles.